The zero-order chi connectivity index (χ0) is 17.5. The normalized spacial score (nSPS) is 10.5. The molecular weight excluding hydrogens is 374 g/mol. The Morgan fingerprint density at radius 2 is 1.79 bits per heavy atom. The van der Waals surface area contributed by atoms with Crippen LogP contribution < -0.4 is 10.1 Å². The zero-order valence-corrected chi connectivity index (χ0v) is 14.8. The Balaban J connectivity index is 2.00. The van der Waals surface area contributed by atoms with Gasteiger partial charge in [-0.25, -0.2) is 4.79 Å². The lowest BCUT2D eigenvalue weighted by Crippen LogP contribution is -2.08. The molecule has 5 nitrogen and oxygen atoms in total. The van der Waals surface area contributed by atoms with Crippen molar-refractivity contribution in [3.05, 3.63) is 64.1 Å². The average molecular weight is 390 g/mol. The number of amides is 1. The van der Waals surface area contributed by atoms with Crippen molar-refractivity contribution >= 4 is 39.6 Å². The molecule has 2 rings (SSSR count). The Labute approximate surface area is 148 Å². The lowest BCUT2D eigenvalue weighted by atomic mass is 10.2. The third kappa shape index (κ3) is 4.70. The summed E-state index contributed by atoms with van der Waals surface area (Å²) in [6.45, 7) is 0. The largest absolute Gasteiger partial charge is 0.496 e. The van der Waals surface area contributed by atoms with Gasteiger partial charge in [-0.3, -0.25) is 4.79 Å². The first-order valence-electron chi connectivity index (χ1n) is 7.04. The zero-order valence-electron chi connectivity index (χ0n) is 13.2. The van der Waals surface area contributed by atoms with E-state index in [9.17, 15) is 9.59 Å². The molecule has 0 aliphatic rings. The number of nitrogens with one attached hydrogen (secondary N) is 1. The van der Waals surface area contributed by atoms with Gasteiger partial charge in [0, 0.05) is 11.8 Å². The van der Waals surface area contributed by atoms with Gasteiger partial charge < -0.3 is 14.8 Å². The molecule has 0 saturated heterocycles. The fourth-order valence-electron chi connectivity index (χ4n) is 1.95. The third-order valence-electron chi connectivity index (χ3n) is 3.18. The van der Waals surface area contributed by atoms with Crippen LogP contribution in [0.1, 0.15) is 15.9 Å². The molecule has 0 spiro atoms. The van der Waals surface area contributed by atoms with Crippen LogP contribution in [0.5, 0.6) is 5.75 Å². The number of carbonyl (C=O) groups is 2. The van der Waals surface area contributed by atoms with Crippen molar-refractivity contribution in [2.45, 2.75) is 0 Å². The molecule has 2 aromatic carbocycles. The number of ether oxygens (including phenoxy) is 2. The fourth-order valence-corrected chi connectivity index (χ4v) is 2.51. The maximum Gasteiger partial charge on any atom is 0.337 e. The van der Waals surface area contributed by atoms with Gasteiger partial charge in [0.25, 0.3) is 0 Å². The summed E-state index contributed by atoms with van der Waals surface area (Å²) in [5.74, 6) is 0.0351. The lowest BCUT2D eigenvalue weighted by molar-refractivity contribution is -0.111. The van der Waals surface area contributed by atoms with Gasteiger partial charge in [-0.15, -0.1) is 0 Å². The third-order valence-corrected chi connectivity index (χ3v) is 3.80. The molecule has 0 aliphatic carbocycles. The van der Waals surface area contributed by atoms with Crippen LogP contribution in [0.25, 0.3) is 6.08 Å². The second-order valence-corrected chi connectivity index (χ2v) is 5.64. The van der Waals surface area contributed by atoms with E-state index in [1.54, 1.807) is 37.5 Å². The average Bonchev–Trinajstić information content (AvgIpc) is 2.60. The van der Waals surface area contributed by atoms with E-state index in [0.717, 1.165) is 15.8 Å². The minimum absolute atomic E-state index is 0.271. The Kier molecular flexibility index (Phi) is 6.14. The van der Waals surface area contributed by atoms with Gasteiger partial charge in [-0.05, 0) is 64.0 Å². The number of hydrogen-bond donors (Lipinski definition) is 1. The molecule has 0 radical (unpaired) electrons. The van der Waals surface area contributed by atoms with Crippen LogP contribution in [-0.2, 0) is 9.53 Å². The van der Waals surface area contributed by atoms with Gasteiger partial charge in [-0.2, -0.15) is 0 Å². The van der Waals surface area contributed by atoms with E-state index in [4.69, 9.17) is 4.74 Å². The first kappa shape index (κ1) is 17.7. The molecule has 0 fully saturated rings. The molecule has 0 atom stereocenters. The summed E-state index contributed by atoms with van der Waals surface area (Å²) < 4.78 is 10.6. The summed E-state index contributed by atoms with van der Waals surface area (Å²) in [6.07, 6.45) is 3.13. The molecule has 24 heavy (non-hydrogen) atoms. The molecule has 1 N–H and O–H groups in total. The summed E-state index contributed by atoms with van der Waals surface area (Å²) in [4.78, 5) is 23.3. The Bertz CT molecular complexity index is 769. The number of benzene rings is 2. The highest BCUT2D eigenvalue weighted by Crippen LogP contribution is 2.25. The van der Waals surface area contributed by atoms with E-state index in [2.05, 4.69) is 26.0 Å². The maximum absolute atomic E-state index is 11.9. The smallest absolute Gasteiger partial charge is 0.337 e. The monoisotopic (exact) mass is 389 g/mol. The molecule has 0 bridgehead atoms. The Morgan fingerprint density at radius 1 is 1.08 bits per heavy atom. The van der Waals surface area contributed by atoms with Crippen molar-refractivity contribution in [2.75, 3.05) is 19.5 Å². The molecule has 1 amide bonds. The van der Waals surface area contributed by atoms with Gasteiger partial charge in [-0.1, -0.05) is 6.07 Å². The van der Waals surface area contributed by atoms with Crippen LogP contribution in [0.3, 0.4) is 0 Å². The van der Waals surface area contributed by atoms with Crippen molar-refractivity contribution < 1.29 is 19.1 Å². The SMILES string of the molecule is COC(=O)c1ccc(NC(=O)C=Cc2ccc(OC)c(Br)c2)cc1. The second kappa shape index (κ2) is 8.31. The molecule has 2 aromatic rings. The quantitative estimate of drug-likeness (QED) is 0.622. The van der Waals surface area contributed by atoms with E-state index in [1.165, 1.54) is 13.2 Å². The highest BCUT2D eigenvalue weighted by Gasteiger charge is 2.05. The predicted molar refractivity (Wildman–Crippen MR) is 96.1 cm³/mol. The second-order valence-electron chi connectivity index (χ2n) is 4.79. The minimum Gasteiger partial charge on any atom is -0.496 e. The molecule has 0 heterocycles. The van der Waals surface area contributed by atoms with E-state index in [1.807, 2.05) is 18.2 Å². The highest BCUT2D eigenvalue weighted by atomic mass is 79.9. The number of esters is 1. The topological polar surface area (TPSA) is 64.6 Å². The molecule has 0 aliphatic heterocycles. The standard InChI is InChI=1S/C18H16BrNO4/c1-23-16-9-3-12(11-15(16)19)4-10-17(21)20-14-7-5-13(6-8-14)18(22)24-2/h3-11H,1-2H3,(H,20,21). The van der Waals surface area contributed by atoms with Crippen LogP contribution in [0.2, 0.25) is 0 Å². The van der Waals surface area contributed by atoms with Crippen molar-refractivity contribution in [2.24, 2.45) is 0 Å². The summed E-state index contributed by atoms with van der Waals surface area (Å²) >= 11 is 3.40. The van der Waals surface area contributed by atoms with E-state index in [0.29, 0.717) is 11.3 Å². The van der Waals surface area contributed by atoms with Crippen molar-refractivity contribution in [3.63, 3.8) is 0 Å². The Hall–Kier alpha value is -2.60. The molecule has 0 unspecified atom stereocenters. The summed E-state index contributed by atoms with van der Waals surface area (Å²) in [5.41, 5.74) is 1.88. The first-order valence-corrected chi connectivity index (χ1v) is 7.84. The van der Waals surface area contributed by atoms with Crippen LogP contribution in [0, 0.1) is 0 Å². The van der Waals surface area contributed by atoms with Crippen LogP contribution in [0.4, 0.5) is 5.69 Å². The van der Waals surface area contributed by atoms with Crippen molar-refractivity contribution in [1.29, 1.82) is 0 Å². The van der Waals surface area contributed by atoms with E-state index >= 15 is 0 Å². The number of halogens is 1. The maximum atomic E-state index is 11.9. The number of rotatable bonds is 5. The summed E-state index contributed by atoms with van der Waals surface area (Å²) in [6, 6.07) is 12.0. The van der Waals surface area contributed by atoms with Crippen molar-refractivity contribution in [1.82, 2.24) is 0 Å². The summed E-state index contributed by atoms with van der Waals surface area (Å²) in [7, 11) is 2.91. The van der Waals surface area contributed by atoms with Crippen LogP contribution in [0.15, 0.2) is 53.0 Å². The predicted octanol–water partition coefficient (Wildman–Crippen LogP) is 3.90. The van der Waals surface area contributed by atoms with Crippen LogP contribution >= 0.6 is 15.9 Å². The van der Waals surface area contributed by atoms with E-state index in [-0.39, 0.29) is 5.91 Å². The molecule has 0 aromatic heterocycles. The number of anilines is 1. The molecule has 0 saturated carbocycles. The number of carbonyl (C=O) groups excluding carboxylic acids is 2. The highest BCUT2D eigenvalue weighted by molar-refractivity contribution is 9.10. The molecule has 124 valence electrons. The summed E-state index contributed by atoms with van der Waals surface area (Å²) in [5, 5.41) is 2.72. The van der Waals surface area contributed by atoms with Crippen molar-refractivity contribution in [3.8, 4) is 5.75 Å². The molecule has 6 heteroatoms. The molecular formula is C18H16BrNO4. The van der Waals surface area contributed by atoms with Gasteiger partial charge in [0.1, 0.15) is 5.75 Å². The van der Waals surface area contributed by atoms with Gasteiger partial charge in [0.2, 0.25) is 5.91 Å². The Morgan fingerprint density at radius 3 is 2.38 bits per heavy atom. The van der Waals surface area contributed by atoms with Gasteiger partial charge in [0.15, 0.2) is 0 Å². The fraction of sp³-hybridized carbons (Fsp3) is 0.111. The van der Waals surface area contributed by atoms with E-state index < -0.39 is 5.97 Å². The number of hydrogen-bond acceptors (Lipinski definition) is 4. The minimum atomic E-state index is -0.419. The first-order chi connectivity index (χ1) is 11.5. The number of methoxy groups -OCH3 is 2. The van der Waals surface area contributed by atoms with Gasteiger partial charge >= 0.3 is 5.97 Å². The lowest BCUT2D eigenvalue weighted by Gasteiger charge is -2.04. The van der Waals surface area contributed by atoms with Crippen LogP contribution in [-0.4, -0.2) is 26.1 Å². The van der Waals surface area contributed by atoms with Gasteiger partial charge in [0.05, 0.1) is 24.3 Å².